The molecule has 0 unspecified atom stereocenters. The molecule has 17 heavy (non-hydrogen) atoms. The minimum absolute atomic E-state index is 0.122. The molecule has 0 aliphatic heterocycles. The average molecular weight is 234 g/mol. The molecule has 1 N–H and O–H groups in total. The molecule has 0 amide bonds. The summed E-state index contributed by atoms with van der Waals surface area (Å²) in [5, 5.41) is 8.54. The highest BCUT2D eigenvalue weighted by molar-refractivity contribution is 5.86. The first-order chi connectivity index (χ1) is 8.11. The molecule has 90 valence electrons. The van der Waals surface area contributed by atoms with Crippen LogP contribution < -0.4 is 0 Å². The molecule has 0 fully saturated rings. The SMILES string of the molecule is COC(=O)C=Cc1ccc(CCC(=O)O)cc1. The maximum atomic E-state index is 10.9. The summed E-state index contributed by atoms with van der Waals surface area (Å²) in [5.41, 5.74) is 1.83. The summed E-state index contributed by atoms with van der Waals surface area (Å²) in [7, 11) is 1.32. The summed E-state index contributed by atoms with van der Waals surface area (Å²) in [4.78, 5) is 21.2. The Hall–Kier alpha value is -2.10. The lowest BCUT2D eigenvalue weighted by molar-refractivity contribution is -0.137. The fourth-order valence-electron chi connectivity index (χ4n) is 1.28. The minimum Gasteiger partial charge on any atom is -0.481 e. The van der Waals surface area contributed by atoms with Gasteiger partial charge in [-0.3, -0.25) is 4.79 Å². The Morgan fingerprint density at radius 1 is 1.29 bits per heavy atom. The lowest BCUT2D eigenvalue weighted by atomic mass is 10.1. The summed E-state index contributed by atoms with van der Waals surface area (Å²) < 4.78 is 4.47. The van der Waals surface area contributed by atoms with Gasteiger partial charge in [0.15, 0.2) is 0 Å². The predicted octanol–water partition coefficient (Wildman–Crippen LogP) is 1.89. The van der Waals surface area contributed by atoms with Crippen molar-refractivity contribution in [3.05, 3.63) is 41.5 Å². The number of esters is 1. The highest BCUT2D eigenvalue weighted by Crippen LogP contribution is 2.08. The van der Waals surface area contributed by atoms with Crippen molar-refractivity contribution >= 4 is 18.0 Å². The Kier molecular flexibility index (Phi) is 4.94. The first-order valence-corrected chi connectivity index (χ1v) is 5.18. The minimum atomic E-state index is -0.806. The van der Waals surface area contributed by atoms with Crippen LogP contribution in [-0.2, 0) is 20.7 Å². The molecule has 0 saturated carbocycles. The van der Waals surface area contributed by atoms with Gasteiger partial charge in [0.25, 0.3) is 0 Å². The molecule has 0 saturated heterocycles. The molecular formula is C13H14O4. The molecule has 0 bridgehead atoms. The van der Waals surface area contributed by atoms with E-state index in [9.17, 15) is 9.59 Å². The number of aryl methyl sites for hydroxylation is 1. The van der Waals surface area contributed by atoms with Crippen molar-refractivity contribution in [2.45, 2.75) is 12.8 Å². The van der Waals surface area contributed by atoms with Crippen LogP contribution in [0.1, 0.15) is 17.5 Å². The first-order valence-electron chi connectivity index (χ1n) is 5.18. The molecule has 0 spiro atoms. The van der Waals surface area contributed by atoms with E-state index in [0.717, 1.165) is 11.1 Å². The summed E-state index contributed by atoms with van der Waals surface area (Å²) in [6, 6.07) is 7.35. The summed E-state index contributed by atoms with van der Waals surface area (Å²) in [5.74, 6) is -1.21. The largest absolute Gasteiger partial charge is 0.481 e. The van der Waals surface area contributed by atoms with E-state index in [4.69, 9.17) is 5.11 Å². The zero-order valence-electron chi connectivity index (χ0n) is 9.55. The van der Waals surface area contributed by atoms with Gasteiger partial charge in [-0.1, -0.05) is 24.3 Å². The molecule has 0 aliphatic carbocycles. The van der Waals surface area contributed by atoms with E-state index in [0.29, 0.717) is 6.42 Å². The third-order valence-electron chi connectivity index (χ3n) is 2.22. The molecular weight excluding hydrogens is 220 g/mol. The van der Waals surface area contributed by atoms with Gasteiger partial charge in [-0.05, 0) is 23.6 Å². The van der Waals surface area contributed by atoms with Gasteiger partial charge < -0.3 is 9.84 Å². The number of carboxylic acids is 1. The number of carbonyl (C=O) groups is 2. The van der Waals surface area contributed by atoms with Gasteiger partial charge >= 0.3 is 11.9 Å². The van der Waals surface area contributed by atoms with Crippen LogP contribution >= 0.6 is 0 Å². The lowest BCUT2D eigenvalue weighted by Gasteiger charge is -1.99. The van der Waals surface area contributed by atoms with Crippen molar-refractivity contribution < 1.29 is 19.4 Å². The topological polar surface area (TPSA) is 63.6 Å². The number of ether oxygens (including phenoxy) is 1. The Morgan fingerprint density at radius 2 is 1.94 bits per heavy atom. The highest BCUT2D eigenvalue weighted by Gasteiger charge is 1.98. The van der Waals surface area contributed by atoms with Crippen molar-refractivity contribution in [1.29, 1.82) is 0 Å². The summed E-state index contributed by atoms with van der Waals surface area (Å²) in [6.45, 7) is 0. The molecule has 1 rings (SSSR count). The number of hydrogen-bond acceptors (Lipinski definition) is 3. The molecule has 4 heteroatoms. The summed E-state index contributed by atoms with van der Waals surface area (Å²) in [6.07, 6.45) is 3.62. The van der Waals surface area contributed by atoms with Gasteiger partial charge in [0.2, 0.25) is 0 Å². The number of aliphatic carboxylic acids is 1. The molecule has 4 nitrogen and oxygen atoms in total. The number of carboxylic acid groups (broad SMARTS) is 1. The van der Waals surface area contributed by atoms with Gasteiger partial charge in [0.05, 0.1) is 7.11 Å². The third kappa shape index (κ3) is 4.97. The van der Waals surface area contributed by atoms with Crippen LogP contribution in [0.4, 0.5) is 0 Å². The highest BCUT2D eigenvalue weighted by atomic mass is 16.5. The zero-order chi connectivity index (χ0) is 12.7. The Balaban J connectivity index is 2.58. The first kappa shape index (κ1) is 13.0. The van der Waals surface area contributed by atoms with Gasteiger partial charge in [0, 0.05) is 12.5 Å². The van der Waals surface area contributed by atoms with Crippen molar-refractivity contribution in [3.8, 4) is 0 Å². The second-order valence-corrected chi connectivity index (χ2v) is 3.49. The fourth-order valence-corrected chi connectivity index (χ4v) is 1.28. The fraction of sp³-hybridized carbons (Fsp3) is 0.231. The number of benzene rings is 1. The average Bonchev–Trinajstić information content (AvgIpc) is 2.34. The van der Waals surface area contributed by atoms with Gasteiger partial charge in [-0.2, -0.15) is 0 Å². The van der Waals surface area contributed by atoms with Crippen LogP contribution in [-0.4, -0.2) is 24.2 Å². The van der Waals surface area contributed by atoms with E-state index in [1.165, 1.54) is 13.2 Å². The van der Waals surface area contributed by atoms with Crippen LogP contribution in [0.25, 0.3) is 6.08 Å². The van der Waals surface area contributed by atoms with Crippen LogP contribution in [0.15, 0.2) is 30.3 Å². The third-order valence-corrected chi connectivity index (χ3v) is 2.22. The summed E-state index contributed by atoms with van der Waals surface area (Å²) >= 11 is 0. The number of rotatable bonds is 5. The van der Waals surface area contributed by atoms with Crippen LogP contribution in [0, 0.1) is 0 Å². The molecule has 1 aromatic carbocycles. The Labute approximate surface area is 99.5 Å². The maximum Gasteiger partial charge on any atom is 0.330 e. The molecule has 1 aromatic rings. The van der Waals surface area contributed by atoms with Crippen molar-refractivity contribution in [3.63, 3.8) is 0 Å². The van der Waals surface area contributed by atoms with Crippen LogP contribution in [0.5, 0.6) is 0 Å². The predicted molar refractivity (Wildman–Crippen MR) is 63.4 cm³/mol. The molecule has 0 atom stereocenters. The van der Waals surface area contributed by atoms with E-state index in [2.05, 4.69) is 4.74 Å². The second kappa shape index (κ2) is 6.48. The van der Waals surface area contributed by atoms with Gasteiger partial charge in [-0.15, -0.1) is 0 Å². The Morgan fingerprint density at radius 3 is 2.47 bits per heavy atom. The lowest BCUT2D eigenvalue weighted by Crippen LogP contribution is -1.97. The second-order valence-electron chi connectivity index (χ2n) is 3.49. The number of carbonyl (C=O) groups excluding carboxylic acids is 1. The van der Waals surface area contributed by atoms with E-state index < -0.39 is 11.9 Å². The zero-order valence-corrected chi connectivity index (χ0v) is 9.55. The molecule has 0 aromatic heterocycles. The smallest absolute Gasteiger partial charge is 0.330 e. The maximum absolute atomic E-state index is 10.9. The van der Waals surface area contributed by atoms with Gasteiger partial charge in [-0.25, -0.2) is 4.79 Å². The van der Waals surface area contributed by atoms with E-state index in [1.54, 1.807) is 6.08 Å². The van der Waals surface area contributed by atoms with E-state index >= 15 is 0 Å². The standard InChI is InChI=1S/C13H14O4/c1-17-13(16)9-7-11-4-2-10(3-5-11)6-8-12(14)15/h2-5,7,9H,6,8H2,1H3,(H,14,15). The number of methoxy groups -OCH3 is 1. The quantitative estimate of drug-likeness (QED) is 0.624. The van der Waals surface area contributed by atoms with Crippen LogP contribution in [0.2, 0.25) is 0 Å². The molecule has 0 heterocycles. The van der Waals surface area contributed by atoms with Crippen molar-refractivity contribution in [2.75, 3.05) is 7.11 Å². The van der Waals surface area contributed by atoms with Crippen molar-refractivity contribution in [1.82, 2.24) is 0 Å². The van der Waals surface area contributed by atoms with Crippen molar-refractivity contribution in [2.24, 2.45) is 0 Å². The van der Waals surface area contributed by atoms with E-state index in [1.807, 2.05) is 24.3 Å². The molecule has 0 aliphatic rings. The Bertz CT molecular complexity index is 418. The normalized spacial score (nSPS) is 10.4. The van der Waals surface area contributed by atoms with Gasteiger partial charge in [0.1, 0.15) is 0 Å². The van der Waals surface area contributed by atoms with E-state index in [-0.39, 0.29) is 6.42 Å². The monoisotopic (exact) mass is 234 g/mol. The van der Waals surface area contributed by atoms with Crippen LogP contribution in [0.3, 0.4) is 0 Å². The number of hydrogen-bond donors (Lipinski definition) is 1. The molecule has 0 radical (unpaired) electrons.